The van der Waals surface area contributed by atoms with Crippen LogP contribution in [0, 0.1) is 0 Å². The molecule has 2 heterocycles. The summed E-state index contributed by atoms with van der Waals surface area (Å²) in [6.45, 7) is 4.20. The average Bonchev–Trinajstić information content (AvgIpc) is 3.20. The van der Waals surface area contributed by atoms with Gasteiger partial charge >= 0.3 is 5.97 Å². The first-order valence-electron chi connectivity index (χ1n) is 8.65. The molecule has 3 aromatic rings. The molecule has 1 N–H and O–H groups in total. The Morgan fingerprint density at radius 2 is 1.92 bits per heavy atom. The zero-order valence-electron chi connectivity index (χ0n) is 15.2. The van der Waals surface area contributed by atoms with Gasteiger partial charge in [0.25, 0.3) is 0 Å². The summed E-state index contributed by atoms with van der Waals surface area (Å²) < 4.78 is 7.61. The van der Waals surface area contributed by atoms with Crippen molar-refractivity contribution < 1.29 is 14.3 Å². The van der Waals surface area contributed by atoms with Crippen LogP contribution in [0.2, 0.25) is 0 Å². The number of anilines is 1. The summed E-state index contributed by atoms with van der Waals surface area (Å²) in [6, 6.07) is 11.6. The Labute approximate surface area is 156 Å². The third-order valence-electron chi connectivity index (χ3n) is 4.36. The molecule has 0 saturated heterocycles. The van der Waals surface area contributed by atoms with Crippen LogP contribution < -0.4 is 5.32 Å². The van der Waals surface area contributed by atoms with Crippen LogP contribution in [-0.2, 0) is 28.9 Å². The van der Waals surface area contributed by atoms with E-state index in [1.165, 1.54) is 12.0 Å². The molecule has 0 aliphatic heterocycles. The van der Waals surface area contributed by atoms with E-state index in [-0.39, 0.29) is 12.5 Å². The smallest absolute Gasteiger partial charge is 0.354 e. The molecule has 1 amide bonds. The number of methoxy groups -OCH3 is 1. The highest BCUT2D eigenvalue weighted by Crippen LogP contribution is 2.30. The maximum atomic E-state index is 12.7. The molecule has 0 spiro atoms. The van der Waals surface area contributed by atoms with Gasteiger partial charge in [0.15, 0.2) is 0 Å². The Balaban J connectivity index is 1.92. The fourth-order valence-corrected chi connectivity index (χ4v) is 4.04. The van der Waals surface area contributed by atoms with Crippen LogP contribution in [0.3, 0.4) is 0 Å². The van der Waals surface area contributed by atoms with E-state index in [0.29, 0.717) is 5.69 Å². The molecule has 0 unspecified atom stereocenters. The summed E-state index contributed by atoms with van der Waals surface area (Å²) in [7, 11) is 1.35. The predicted molar refractivity (Wildman–Crippen MR) is 105 cm³/mol. The monoisotopic (exact) mass is 370 g/mol. The zero-order valence-corrected chi connectivity index (χ0v) is 16.0. The van der Waals surface area contributed by atoms with Crippen LogP contribution in [0.4, 0.5) is 5.69 Å². The van der Waals surface area contributed by atoms with Gasteiger partial charge in [0.1, 0.15) is 12.2 Å². The van der Waals surface area contributed by atoms with Gasteiger partial charge in [-0.25, -0.2) is 4.79 Å². The van der Waals surface area contributed by atoms with Crippen molar-refractivity contribution in [2.75, 3.05) is 12.4 Å². The molecule has 0 saturated carbocycles. The Hall–Kier alpha value is -2.60. The largest absolute Gasteiger partial charge is 0.464 e. The molecule has 0 atom stereocenters. The van der Waals surface area contributed by atoms with E-state index in [4.69, 9.17) is 4.74 Å². The van der Waals surface area contributed by atoms with E-state index in [1.807, 2.05) is 37.3 Å². The lowest BCUT2D eigenvalue weighted by Crippen LogP contribution is -2.22. The number of nitrogens with zero attached hydrogens (tertiary/aromatic N) is 1. The van der Waals surface area contributed by atoms with E-state index in [0.717, 1.165) is 34.3 Å². The van der Waals surface area contributed by atoms with Crippen LogP contribution in [0.5, 0.6) is 0 Å². The number of fused-ring (bicyclic) bond motifs is 1. The Bertz CT molecular complexity index is 955. The van der Waals surface area contributed by atoms with Crippen molar-refractivity contribution in [3.8, 4) is 0 Å². The number of benzene rings is 1. The van der Waals surface area contributed by atoms with Crippen LogP contribution in [0.25, 0.3) is 10.2 Å². The first kappa shape index (κ1) is 18.2. The quantitative estimate of drug-likeness (QED) is 0.660. The van der Waals surface area contributed by atoms with Gasteiger partial charge in [0.05, 0.1) is 17.3 Å². The summed E-state index contributed by atoms with van der Waals surface area (Å²) in [6.07, 6.45) is 1.75. The van der Waals surface area contributed by atoms with E-state index in [2.05, 4.69) is 12.2 Å². The van der Waals surface area contributed by atoms with Crippen molar-refractivity contribution in [2.24, 2.45) is 0 Å². The summed E-state index contributed by atoms with van der Waals surface area (Å²) in [5.41, 5.74) is 3.18. The fraction of sp³-hybridized carbons (Fsp3) is 0.300. The summed E-state index contributed by atoms with van der Waals surface area (Å²) in [5, 5.41) is 2.96. The number of rotatable bonds is 6. The standard InChI is InChI=1S/C20H22N2O3S/c1-4-13-8-6-7-9-15(13)21-19(23)12-22-16-10-14(5-2)26-18(16)11-17(22)20(24)25-3/h6-11H,4-5,12H2,1-3H3,(H,21,23). The zero-order chi connectivity index (χ0) is 18.7. The molecule has 1 aromatic carbocycles. The fourth-order valence-electron chi connectivity index (χ4n) is 2.99. The molecule has 0 fully saturated rings. The number of nitrogens with one attached hydrogen (secondary N) is 1. The van der Waals surface area contributed by atoms with Crippen molar-refractivity contribution in [3.05, 3.63) is 52.5 Å². The molecule has 136 valence electrons. The highest BCUT2D eigenvalue weighted by molar-refractivity contribution is 7.19. The van der Waals surface area contributed by atoms with E-state index in [9.17, 15) is 9.59 Å². The van der Waals surface area contributed by atoms with E-state index >= 15 is 0 Å². The molecule has 5 nitrogen and oxygen atoms in total. The van der Waals surface area contributed by atoms with Gasteiger partial charge in [-0.05, 0) is 36.6 Å². The SMILES string of the molecule is CCc1cc2c(cc(C(=O)OC)n2CC(=O)Nc2ccccc2CC)s1. The average molecular weight is 370 g/mol. The van der Waals surface area contributed by atoms with Gasteiger partial charge < -0.3 is 14.6 Å². The summed E-state index contributed by atoms with van der Waals surface area (Å²) in [5.74, 6) is -0.606. The molecule has 6 heteroatoms. The number of amides is 1. The maximum absolute atomic E-state index is 12.7. The number of carbonyl (C=O) groups excluding carboxylic acids is 2. The first-order chi connectivity index (χ1) is 12.6. The Morgan fingerprint density at radius 1 is 1.15 bits per heavy atom. The maximum Gasteiger partial charge on any atom is 0.354 e. The molecular weight excluding hydrogens is 348 g/mol. The second-order valence-electron chi connectivity index (χ2n) is 5.98. The molecule has 0 aliphatic rings. The Morgan fingerprint density at radius 3 is 2.62 bits per heavy atom. The van der Waals surface area contributed by atoms with Crippen LogP contribution in [0.15, 0.2) is 36.4 Å². The third-order valence-corrected chi connectivity index (χ3v) is 5.57. The van der Waals surface area contributed by atoms with Crippen molar-refractivity contribution in [2.45, 2.75) is 33.2 Å². The topological polar surface area (TPSA) is 60.3 Å². The van der Waals surface area contributed by atoms with Gasteiger partial charge in [-0.15, -0.1) is 11.3 Å². The summed E-state index contributed by atoms with van der Waals surface area (Å²) >= 11 is 1.64. The molecule has 2 aromatic heterocycles. The predicted octanol–water partition coefficient (Wildman–Crippen LogP) is 4.25. The van der Waals surface area contributed by atoms with Crippen LogP contribution in [-0.4, -0.2) is 23.6 Å². The molecular formula is C20H22N2O3S. The number of para-hydroxylation sites is 1. The summed E-state index contributed by atoms with van der Waals surface area (Å²) in [4.78, 5) is 26.0. The molecule has 3 rings (SSSR count). The van der Waals surface area contributed by atoms with Gasteiger partial charge in [-0.1, -0.05) is 32.0 Å². The number of aromatic nitrogens is 1. The van der Waals surface area contributed by atoms with Crippen molar-refractivity contribution in [1.82, 2.24) is 4.57 Å². The number of hydrogen-bond donors (Lipinski definition) is 1. The van der Waals surface area contributed by atoms with E-state index in [1.54, 1.807) is 22.0 Å². The lowest BCUT2D eigenvalue weighted by Gasteiger charge is -2.12. The van der Waals surface area contributed by atoms with Crippen molar-refractivity contribution in [1.29, 1.82) is 0 Å². The highest BCUT2D eigenvalue weighted by atomic mass is 32.1. The van der Waals surface area contributed by atoms with Crippen molar-refractivity contribution in [3.63, 3.8) is 0 Å². The molecule has 0 radical (unpaired) electrons. The van der Waals surface area contributed by atoms with Crippen molar-refractivity contribution >= 4 is 39.1 Å². The number of hydrogen-bond acceptors (Lipinski definition) is 4. The van der Waals surface area contributed by atoms with E-state index < -0.39 is 5.97 Å². The molecule has 0 bridgehead atoms. The normalized spacial score (nSPS) is 10.9. The lowest BCUT2D eigenvalue weighted by atomic mass is 10.1. The van der Waals surface area contributed by atoms with Gasteiger partial charge in [-0.2, -0.15) is 0 Å². The number of thiophene rings is 1. The number of ether oxygens (including phenoxy) is 1. The molecule has 0 aliphatic carbocycles. The minimum absolute atomic E-state index is 0.0614. The first-order valence-corrected chi connectivity index (χ1v) is 9.47. The molecule has 26 heavy (non-hydrogen) atoms. The van der Waals surface area contributed by atoms with Gasteiger partial charge in [0, 0.05) is 10.6 Å². The number of aryl methyl sites for hydroxylation is 2. The number of carbonyl (C=O) groups is 2. The van der Waals surface area contributed by atoms with Crippen LogP contribution in [0.1, 0.15) is 34.8 Å². The third kappa shape index (κ3) is 3.51. The second kappa shape index (κ2) is 7.74. The minimum atomic E-state index is -0.437. The minimum Gasteiger partial charge on any atom is -0.464 e. The highest BCUT2D eigenvalue weighted by Gasteiger charge is 2.20. The Kier molecular flexibility index (Phi) is 5.42. The lowest BCUT2D eigenvalue weighted by molar-refractivity contribution is -0.116. The second-order valence-corrected chi connectivity index (χ2v) is 7.15. The van der Waals surface area contributed by atoms with Gasteiger partial charge in [-0.3, -0.25) is 4.79 Å². The van der Waals surface area contributed by atoms with Crippen LogP contribution >= 0.6 is 11.3 Å². The number of esters is 1. The van der Waals surface area contributed by atoms with Gasteiger partial charge in [0.2, 0.25) is 5.91 Å².